The molecule has 0 spiro atoms. The van der Waals surface area contributed by atoms with Crippen molar-refractivity contribution in [2.75, 3.05) is 14.2 Å². The Morgan fingerprint density at radius 3 is 2.22 bits per heavy atom. The largest absolute Gasteiger partial charge is 0.496 e. The summed E-state index contributed by atoms with van der Waals surface area (Å²) in [6, 6.07) is 3.16. The Kier molecular flexibility index (Phi) is 4.54. The Bertz CT molecular complexity index is 804. The van der Waals surface area contributed by atoms with Gasteiger partial charge in [-0.1, -0.05) is 6.07 Å². The molecule has 3 rings (SSSR count). The lowest BCUT2D eigenvalue weighted by molar-refractivity contribution is -0.165. The number of hydrogen-bond donors (Lipinski definition) is 2. The summed E-state index contributed by atoms with van der Waals surface area (Å²) >= 11 is 1.37. The fourth-order valence-corrected chi connectivity index (χ4v) is 5.89. The van der Waals surface area contributed by atoms with Crippen LogP contribution in [-0.4, -0.2) is 63.7 Å². The number of nitrogens with zero attached hydrogens (tertiary/aromatic N) is 1. The fourth-order valence-electron chi connectivity index (χ4n) is 3.93. The van der Waals surface area contributed by atoms with Crippen LogP contribution in [0.25, 0.3) is 0 Å². The minimum absolute atomic E-state index is 0.189. The van der Waals surface area contributed by atoms with Gasteiger partial charge < -0.3 is 24.8 Å². The Balaban J connectivity index is 1.90. The molecule has 2 saturated heterocycles. The summed E-state index contributed by atoms with van der Waals surface area (Å²) in [4.78, 5) is 37.8. The molecule has 1 aromatic rings. The number of amides is 2. The zero-order chi connectivity index (χ0) is 20.1. The molecular weight excluding hydrogens is 372 g/mol. The van der Waals surface area contributed by atoms with Crippen LogP contribution in [0.4, 0.5) is 0 Å². The summed E-state index contributed by atoms with van der Waals surface area (Å²) in [6.45, 7) is 5.35. The minimum Gasteiger partial charge on any atom is -0.496 e. The Morgan fingerprint density at radius 1 is 1.19 bits per heavy atom. The van der Waals surface area contributed by atoms with Crippen LogP contribution in [0, 0.1) is 0 Å². The molecule has 9 heteroatoms. The number of benzene rings is 1. The highest BCUT2D eigenvalue weighted by Gasteiger charge is 2.71. The number of carbonyl (C=O) groups is 3. The number of ether oxygens (including phenoxy) is 2. The number of hydrogen-bond acceptors (Lipinski definition) is 6. The van der Waals surface area contributed by atoms with Crippen molar-refractivity contribution in [1.82, 2.24) is 10.2 Å². The quantitative estimate of drug-likeness (QED) is 0.726. The van der Waals surface area contributed by atoms with Crippen molar-refractivity contribution in [2.24, 2.45) is 0 Å². The van der Waals surface area contributed by atoms with Gasteiger partial charge in [0.2, 0.25) is 0 Å². The molecule has 0 aliphatic carbocycles. The molecule has 0 bridgehead atoms. The molecule has 0 radical (unpaired) electrons. The van der Waals surface area contributed by atoms with Gasteiger partial charge in [-0.3, -0.25) is 9.59 Å². The lowest BCUT2D eigenvalue weighted by Gasteiger charge is -2.51. The molecular formula is C18H22N2O6S. The molecule has 2 N–H and O–H groups in total. The lowest BCUT2D eigenvalue weighted by atomic mass is 9.89. The summed E-state index contributed by atoms with van der Waals surface area (Å²) in [5, 5.41) is 12.3. The van der Waals surface area contributed by atoms with E-state index in [9.17, 15) is 19.5 Å². The highest BCUT2D eigenvalue weighted by molar-refractivity contribution is 8.02. The van der Waals surface area contributed by atoms with Gasteiger partial charge in [0.1, 0.15) is 34.0 Å². The van der Waals surface area contributed by atoms with E-state index in [4.69, 9.17) is 9.47 Å². The van der Waals surface area contributed by atoms with E-state index in [1.54, 1.807) is 39.0 Å². The van der Waals surface area contributed by atoms with Crippen molar-refractivity contribution in [3.8, 4) is 11.5 Å². The molecule has 2 amide bonds. The molecule has 1 aromatic carbocycles. The first-order chi connectivity index (χ1) is 12.6. The van der Waals surface area contributed by atoms with Crippen molar-refractivity contribution < 1.29 is 29.0 Å². The Labute approximate surface area is 161 Å². The van der Waals surface area contributed by atoms with E-state index in [0.717, 1.165) is 0 Å². The average molecular weight is 394 g/mol. The summed E-state index contributed by atoms with van der Waals surface area (Å²) in [5.74, 6) is -1.33. The molecule has 2 heterocycles. The number of thioether (sulfide) groups is 1. The third-order valence-electron chi connectivity index (χ3n) is 5.05. The van der Waals surface area contributed by atoms with Gasteiger partial charge >= 0.3 is 5.97 Å². The fraction of sp³-hybridized carbons (Fsp3) is 0.500. The van der Waals surface area contributed by atoms with E-state index in [1.807, 2.05) is 0 Å². The molecule has 8 nitrogen and oxygen atoms in total. The standard InChI is InChI=1S/C18H22N2O6S/c1-17(2)13(16(23)24)20-15(22)12(18(20,3)27-17)19-14(21)11-9(25-4)7-6-8-10(11)26-5/h6-8,12-13H,1-5H3,(H,19,21)(H,23,24)/t12-,13?,18-/m1/s1. The van der Waals surface area contributed by atoms with Crippen molar-refractivity contribution in [1.29, 1.82) is 0 Å². The van der Waals surface area contributed by atoms with E-state index >= 15 is 0 Å². The van der Waals surface area contributed by atoms with E-state index in [-0.39, 0.29) is 5.56 Å². The van der Waals surface area contributed by atoms with Gasteiger partial charge in [-0.05, 0) is 32.9 Å². The number of carboxylic acid groups (broad SMARTS) is 1. The molecule has 1 unspecified atom stereocenters. The van der Waals surface area contributed by atoms with Crippen LogP contribution in [0.1, 0.15) is 31.1 Å². The van der Waals surface area contributed by atoms with Crippen LogP contribution in [0.3, 0.4) is 0 Å². The van der Waals surface area contributed by atoms with Crippen LogP contribution < -0.4 is 14.8 Å². The Morgan fingerprint density at radius 2 is 1.74 bits per heavy atom. The van der Waals surface area contributed by atoms with Crippen LogP contribution in [0.15, 0.2) is 18.2 Å². The first-order valence-electron chi connectivity index (χ1n) is 8.36. The van der Waals surface area contributed by atoms with Crippen molar-refractivity contribution in [3.05, 3.63) is 23.8 Å². The van der Waals surface area contributed by atoms with Crippen molar-refractivity contribution >= 4 is 29.5 Å². The summed E-state index contributed by atoms with van der Waals surface area (Å²) in [6.07, 6.45) is 0. The number of carboxylic acids is 1. The minimum atomic E-state index is -1.05. The topological polar surface area (TPSA) is 105 Å². The number of nitrogens with one attached hydrogen (secondary N) is 1. The molecule has 0 saturated carbocycles. The zero-order valence-corrected chi connectivity index (χ0v) is 16.5. The number of β-lactam (4-membered cyclic amide) rings is 1. The summed E-state index contributed by atoms with van der Waals surface area (Å²) < 4.78 is 9.80. The van der Waals surface area contributed by atoms with Crippen molar-refractivity contribution in [2.45, 2.75) is 42.5 Å². The van der Waals surface area contributed by atoms with Crippen LogP contribution >= 0.6 is 11.8 Å². The van der Waals surface area contributed by atoms with Gasteiger partial charge in [-0.25, -0.2) is 4.79 Å². The zero-order valence-electron chi connectivity index (χ0n) is 15.7. The Hall–Kier alpha value is -2.42. The lowest BCUT2D eigenvalue weighted by Crippen LogP contribution is -2.76. The third kappa shape index (κ3) is 2.72. The van der Waals surface area contributed by atoms with Gasteiger partial charge in [0, 0.05) is 4.75 Å². The number of methoxy groups -OCH3 is 2. The highest BCUT2D eigenvalue weighted by Crippen LogP contribution is 2.58. The van der Waals surface area contributed by atoms with E-state index in [2.05, 4.69) is 5.32 Å². The molecule has 0 aromatic heterocycles. The predicted octanol–water partition coefficient (Wildman–Crippen LogP) is 1.34. The third-order valence-corrected chi connectivity index (χ3v) is 6.64. The second-order valence-electron chi connectivity index (χ2n) is 7.15. The second kappa shape index (κ2) is 6.33. The average Bonchev–Trinajstić information content (AvgIpc) is 2.81. The highest BCUT2D eigenvalue weighted by atomic mass is 32.2. The van der Waals surface area contributed by atoms with E-state index < -0.39 is 39.5 Å². The van der Waals surface area contributed by atoms with Gasteiger partial charge in [-0.15, -0.1) is 11.8 Å². The van der Waals surface area contributed by atoms with Gasteiger partial charge in [-0.2, -0.15) is 0 Å². The SMILES string of the molecule is COc1cccc(OC)c1C(=O)N[C@@H]1C(=O)N2C(C(=O)O)C(C)(C)S[C@]12C. The molecule has 146 valence electrons. The maximum Gasteiger partial charge on any atom is 0.327 e. The van der Waals surface area contributed by atoms with Crippen molar-refractivity contribution in [3.63, 3.8) is 0 Å². The molecule has 2 aliphatic heterocycles. The molecule has 2 fully saturated rings. The van der Waals surface area contributed by atoms with Gasteiger partial charge in [0.25, 0.3) is 11.8 Å². The number of aliphatic carboxylic acids is 1. The van der Waals surface area contributed by atoms with Crippen LogP contribution in [0.2, 0.25) is 0 Å². The van der Waals surface area contributed by atoms with Crippen LogP contribution in [0.5, 0.6) is 11.5 Å². The van der Waals surface area contributed by atoms with Gasteiger partial charge in [0.05, 0.1) is 14.2 Å². The maximum absolute atomic E-state index is 12.9. The number of fused-ring (bicyclic) bond motifs is 1. The first kappa shape index (κ1) is 19.3. The van der Waals surface area contributed by atoms with E-state index in [1.165, 1.54) is 30.9 Å². The predicted molar refractivity (Wildman–Crippen MR) is 99.1 cm³/mol. The molecule has 3 atom stereocenters. The monoisotopic (exact) mass is 394 g/mol. The van der Waals surface area contributed by atoms with Crippen LogP contribution in [-0.2, 0) is 9.59 Å². The van der Waals surface area contributed by atoms with Gasteiger partial charge in [0.15, 0.2) is 0 Å². The summed E-state index contributed by atoms with van der Waals surface area (Å²) in [5.41, 5.74) is 0.189. The van der Waals surface area contributed by atoms with E-state index in [0.29, 0.717) is 11.5 Å². The maximum atomic E-state index is 12.9. The normalized spacial score (nSPS) is 28.2. The number of carbonyl (C=O) groups excluding carboxylic acids is 2. The smallest absolute Gasteiger partial charge is 0.327 e. The molecule has 27 heavy (non-hydrogen) atoms. The second-order valence-corrected chi connectivity index (χ2v) is 9.24. The number of rotatable bonds is 5. The first-order valence-corrected chi connectivity index (χ1v) is 9.18. The summed E-state index contributed by atoms with van der Waals surface area (Å²) in [7, 11) is 2.88. The molecule has 2 aliphatic rings.